The number of H-pyrrole nitrogens is 1. The molecule has 0 aliphatic carbocycles. The molecule has 1 atom stereocenters. The predicted octanol–water partition coefficient (Wildman–Crippen LogP) is 3.38. The van der Waals surface area contributed by atoms with Crippen LogP contribution in [-0.2, 0) is 6.42 Å². The Morgan fingerprint density at radius 2 is 2.11 bits per heavy atom. The summed E-state index contributed by atoms with van der Waals surface area (Å²) in [6.07, 6.45) is 2.35. The fourth-order valence-electron chi connectivity index (χ4n) is 3.11. The monoisotopic (exact) mass is 256 g/mol. The first-order valence-electron chi connectivity index (χ1n) is 6.57. The van der Waals surface area contributed by atoms with E-state index in [-0.39, 0.29) is 0 Å². The maximum atomic E-state index is 3.67. The standard InChI is InChI=1S/C15H16N2S/c1-2-4-13-11(3-1)12-5-7-16-14(15(12)17-13)10-6-8-18-9-10/h1-4,9,14,16-17H,5-8H2. The molecule has 0 spiro atoms. The number of hydrogen-bond donors (Lipinski definition) is 2. The number of benzene rings is 1. The molecule has 0 radical (unpaired) electrons. The van der Waals surface area contributed by atoms with Crippen molar-refractivity contribution < 1.29 is 0 Å². The fourth-order valence-corrected chi connectivity index (χ4v) is 4.05. The Balaban J connectivity index is 1.88. The van der Waals surface area contributed by atoms with Crippen LogP contribution in [0.15, 0.2) is 35.2 Å². The van der Waals surface area contributed by atoms with Crippen LogP contribution >= 0.6 is 11.8 Å². The lowest BCUT2D eigenvalue weighted by Crippen LogP contribution is -2.30. The number of aromatic amines is 1. The molecule has 4 rings (SSSR count). The van der Waals surface area contributed by atoms with Gasteiger partial charge in [0.25, 0.3) is 0 Å². The molecular formula is C15H16N2S. The summed E-state index contributed by atoms with van der Waals surface area (Å²) in [5, 5.41) is 7.42. The van der Waals surface area contributed by atoms with E-state index in [2.05, 4.69) is 40.0 Å². The number of fused-ring (bicyclic) bond motifs is 3. The van der Waals surface area contributed by atoms with Gasteiger partial charge in [-0.25, -0.2) is 0 Å². The first-order chi connectivity index (χ1) is 8.93. The minimum Gasteiger partial charge on any atom is -0.357 e. The van der Waals surface area contributed by atoms with Crippen molar-refractivity contribution in [3.8, 4) is 0 Å². The highest BCUT2D eigenvalue weighted by Gasteiger charge is 2.27. The second-order valence-electron chi connectivity index (χ2n) is 5.01. The van der Waals surface area contributed by atoms with Crippen LogP contribution < -0.4 is 5.32 Å². The molecule has 0 bridgehead atoms. The van der Waals surface area contributed by atoms with Crippen LogP contribution in [0.5, 0.6) is 0 Å². The van der Waals surface area contributed by atoms with Crippen LogP contribution in [0.25, 0.3) is 10.9 Å². The van der Waals surface area contributed by atoms with Gasteiger partial charge in [-0.1, -0.05) is 18.2 Å². The maximum absolute atomic E-state index is 3.67. The summed E-state index contributed by atoms with van der Waals surface area (Å²) in [5.41, 5.74) is 5.75. The van der Waals surface area contributed by atoms with Gasteiger partial charge in [0.1, 0.15) is 0 Å². The maximum Gasteiger partial charge on any atom is 0.0700 e. The molecule has 1 aromatic carbocycles. The van der Waals surface area contributed by atoms with Crippen molar-refractivity contribution in [2.45, 2.75) is 18.9 Å². The lowest BCUT2D eigenvalue weighted by Gasteiger charge is -2.25. The molecule has 92 valence electrons. The molecule has 0 amide bonds. The molecule has 2 aliphatic rings. The Bertz CT molecular complexity index is 626. The van der Waals surface area contributed by atoms with Crippen molar-refractivity contribution in [1.82, 2.24) is 10.3 Å². The average molecular weight is 256 g/mol. The van der Waals surface area contributed by atoms with E-state index in [1.54, 1.807) is 5.57 Å². The van der Waals surface area contributed by atoms with Gasteiger partial charge in [-0.05, 0) is 35.5 Å². The molecule has 0 saturated heterocycles. The molecule has 2 aromatic rings. The van der Waals surface area contributed by atoms with Gasteiger partial charge in [0, 0.05) is 28.9 Å². The summed E-state index contributed by atoms with van der Waals surface area (Å²) in [5.74, 6) is 1.24. The lowest BCUT2D eigenvalue weighted by atomic mass is 9.94. The molecule has 1 aromatic heterocycles. The van der Waals surface area contributed by atoms with Crippen molar-refractivity contribution >= 4 is 22.7 Å². The molecule has 0 saturated carbocycles. The smallest absolute Gasteiger partial charge is 0.0700 e. The van der Waals surface area contributed by atoms with Crippen molar-refractivity contribution in [3.05, 3.63) is 46.5 Å². The molecule has 2 nitrogen and oxygen atoms in total. The Labute approximate surface area is 111 Å². The van der Waals surface area contributed by atoms with Crippen molar-refractivity contribution in [3.63, 3.8) is 0 Å². The summed E-state index contributed by atoms with van der Waals surface area (Å²) < 4.78 is 0. The normalized spacial score (nSPS) is 23.1. The molecule has 0 fully saturated rings. The Morgan fingerprint density at radius 1 is 1.17 bits per heavy atom. The second kappa shape index (κ2) is 4.18. The van der Waals surface area contributed by atoms with E-state index in [1.807, 2.05) is 11.8 Å². The van der Waals surface area contributed by atoms with Gasteiger partial charge in [0.05, 0.1) is 6.04 Å². The van der Waals surface area contributed by atoms with Gasteiger partial charge >= 0.3 is 0 Å². The van der Waals surface area contributed by atoms with Gasteiger partial charge in [0.2, 0.25) is 0 Å². The number of nitrogens with one attached hydrogen (secondary N) is 2. The number of thioether (sulfide) groups is 1. The quantitative estimate of drug-likeness (QED) is 0.818. The van der Waals surface area contributed by atoms with E-state index in [0.29, 0.717) is 6.04 Å². The summed E-state index contributed by atoms with van der Waals surface area (Å²) >= 11 is 1.94. The van der Waals surface area contributed by atoms with Crippen LogP contribution in [-0.4, -0.2) is 17.3 Å². The van der Waals surface area contributed by atoms with E-state index in [9.17, 15) is 0 Å². The fraction of sp³-hybridized carbons (Fsp3) is 0.333. The Kier molecular flexibility index (Phi) is 2.49. The van der Waals surface area contributed by atoms with Crippen molar-refractivity contribution in [2.75, 3.05) is 12.3 Å². The molecule has 1 unspecified atom stereocenters. The highest BCUT2D eigenvalue weighted by molar-refractivity contribution is 8.02. The number of hydrogen-bond acceptors (Lipinski definition) is 2. The highest BCUT2D eigenvalue weighted by Crippen LogP contribution is 2.37. The highest BCUT2D eigenvalue weighted by atomic mass is 32.2. The average Bonchev–Trinajstić information content (AvgIpc) is 3.05. The second-order valence-corrected chi connectivity index (χ2v) is 5.99. The van der Waals surface area contributed by atoms with E-state index < -0.39 is 0 Å². The van der Waals surface area contributed by atoms with Crippen LogP contribution in [0, 0.1) is 0 Å². The minimum absolute atomic E-state index is 0.413. The van der Waals surface area contributed by atoms with Gasteiger partial charge in [0.15, 0.2) is 0 Å². The zero-order valence-corrected chi connectivity index (χ0v) is 11.0. The largest absolute Gasteiger partial charge is 0.357 e. The summed E-state index contributed by atoms with van der Waals surface area (Å²) in [4.78, 5) is 3.63. The molecule has 2 aliphatic heterocycles. The third-order valence-corrected chi connectivity index (χ3v) is 4.88. The first-order valence-corrected chi connectivity index (χ1v) is 7.62. The van der Waals surface area contributed by atoms with Crippen LogP contribution in [0.2, 0.25) is 0 Å². The molecule has 18 heavy (non-hydrogen) atoms. The number of rotatable bonds is 1. The molecular weight excluding hydrogens is 240 g/mol. The van der Waals surface area contributed by atoms with E-state index >= 15 is 0 Å². The zero-order chi connectivity index (χ0) is 11.9. The van der Waals surface area contributed by atoms with Crippen LogP contribution in [0.1, 0.15) is 23.7 Å². The number of para-hydroxylation sites is 1. The predicted molar refractivity (Wildman–Crippen MR) is 77.9 cm³/mol. The Morgan fingerprint density at radius 3 is 3.00 bits per heavy atom. The van der Waals surface area contributed by atoms with Gasteiger partial charge < -0.3 is 10.3 Å². The summed E-state index contributed by atoms with van der Waals surface area (Å²) in [6, 6.07) is 9.08. The van der Waals surface area contributed by atoms with Gasteiger partial charge in [-0.15, -0.1) is 11.8 Å². The van der Waals surface area contributed by atoms with Crippen LogP contribution in [0.4, 0.5) is 0 Å². The van der Waals surface area contributed by atoms with Crippen LogP contribution in [0.3, 0.4) is 0 Å². The van der Waals surface area contributed by atoms with E-state index in [4.69, 9.17) is 0 Å². The first kappa shape index (κ1) is 10.7. The zero-order valence-electron chi connectivity index (χ0n) is 10.2. The SMILES string of the molecule is C1=C(C2NCCc3c2[nH]c2ccccc32)CCS1. The Hall–Kier alpha value is -1.19. The minimum atomic E-state index is 0.413. The van der Waals surface area contributed by atoms with Gasteiger partial charge in [-0.3, -0.25) is 0 Å². The summed E-state index contributed by atoms with van der Waals surface area (Å²) in [6.45, 7) is 1.08. The van der Waals surface area contributed by atoms with E-state index in [1.165, 1.54) is 34.3 Å². The third kappa shape index (κ3) is 1.54. The van der Waals surface area contributed by atoms with Gasteiger partial charge in [-0.2, -0.15) is 0 Å². The number of aromatic nitrogens is 1. The topological polar surface area (TPSA) is 27.8 Å². The summed E-state index contributed by atoms with van der Waals surface area (Å²) in [7, 11) is 0. The molecule has 2 N–H and O–H groups in total. The van der Waals surface area contributed by atoms with Crippen molar-refractivity contribution in [2.24, 2.45) is 0 Å². The molecule has 3 heteroatoms. The third-order valence-electron chi connectivity index (χ3n) is 3.97. The van der Waals surface area contributed by atoms with E-state index in [0.717, 1.165) is 13.0 Å². The lowest BCUT2D eigenvalue weighted by molar-refractivity contribution is 0.545. The molecule has 3 heterocycles. The van der Waals surface area contributed by atoms with Crippen molar-refractivity contribution in [1.29, 1.82) is 0 Å².